The van der Waals surface area contributed by atoms with Crippen LogP contribution in [0.25, 0.3) is 0 Å². The smallest absolute Gasteiger partial charge is 0.307 e. The molecular weight excluding hydrogens is 355 g/mol. The van der Waals surface area contributed by atoms with Gasteiger partial charge in [0, 0.05) is 3.57 Å². The fourth-order valence-corrected chi connectivity index (χ4v) is 3.43. The highest BCUT2D eigenvalue weighted by Crippen LogP contribution is 2.12. The van der Waals surface area contributed by atoms with Crippen LogP contribution in [0.2, 0.25) is 0 Å². The molecule has 6 heteroatoms. The fourth-order valence-electron chi connectivity index (χ4n) is 1.35. The SMILES string of the molecule is CC(CS(=O)(=O)Cc1ccc(I)cc1)C(=O)O. The van der Waals surface area contributed by atoms with Gasteiger partial charge in [0.2, 0.25) is 0 Å². The van der Waals surface area contributed by atoms with E-state index in [-0.39, 0.29) is 11.5 Å². The number of halogens is 1. The van der Waals surface area contributed by atoms with Crippen LogP contribution in [0.15, 0.2) is 24.3 Å². The Morgan fingerprint density at radius 1 is 1.35 bits per heavy atom. The Labute approximate surface area is 114 Å². The molecule has 0 saturated carbocycles. The Balaban J connectivity index is 2.73. The molecule has 1 atom stereocenters. The van der Waals surface area contributed by atoms with Gasteiger partial charge in [0.15, 0.2) is 9.84 Å². The lowest BCUT2D eigenvalue weighted by Gasteiger charge is -2.07. The topological polar surface area (TPSA) is 71.4 Å². The monoisotopic (exact) mass is 368 g/mol. The van der Waals surface area contributed by atoms with Gasteiger partial charge in [-0.15, -0.1) is 0 Å². The summed E-state index contributed by atoms with van der Waals surface area (Å²) in [6.45, 7) is 1.40. The third-order valence-electron chi connectivity index (χ3n) is 2.23. The maximum Gasteiger partial charge on any atom is 0.307 e. The van der Waals surface area contributed by atoms with Gasteiger partial charge in [0.1, 0.15) is 0 Å². The first kappa shape index (κ1) is 14.4. The minimum absolute atomic E-state index is 0.110. The highest BCUT2D eigenvalue weighted by Gasteiger charge is 2.21. The Hall–Kier alpha value is -0.630. The predicted molar refractivity (Wildman–Crippen MR) is 73.4 cm³/mol. The van der Waals surface area contributed by atoms with Crippen LogP contribution in [0.1, 0.15) is 12.5 Å². The average Bonchev–Trinajstić information content (AvgIpc) is 2.20. The summed E-state index contributed by atoms with van der Waals surface area (Å²) in [5.41, 5.74) is 0.683. The van der Waals surface area contributed by atoms with Crippen molar-refractivity contribution >= 4 is 38.4 Å². The first-order valence-corrected chi connectivity index (χ1v) is 7.88. The zero-order valence-electron chi connectivity index (χ0n) is 9.26. The number of carbonyl (C=O) groups is 1. The summed E-state index contributed by atoms with van der Waals surface area (Å²) in [7, 11) is -3.38. The van der Waals surface area contributed by atoms with Crippen molar-refractivity contribution < 1.29 is 18.3 Å². The maximum absolute atomic E-state index is 11.7. The summed E-state index contributed by atoms with van der Waals surface area (Å²) in [5.74, 6) is -2.39. The summed E-state index contributed by atoms with van der Waals surface area (Å²) in [6.07, 6.45) is 0. The third kappa shape index (κ3) is 5.03. The van der Waals surface area contributed by atoms with Crippen LogP contribution in [-0.4, -0.2) is 25.2 Å². The molecule has 4 nitrogen and oxygen atoms in total. The molecule has 0 fully saturated rings. The highest BCUT2D eigenvalue weighted by atomic mass is 127. The van der Waals surface area contributed by atoms with Gasteiger partial charge in [-0.05, 0) is 40.3 Å². The predicted octanol–water partition coefficient (Wildman–Crippen LogP) is 1.93. The summed E-state index contributed by atoms with van der Waals surface area (Å²) < 4.78 is 24.5. The van der Waals surface area contributed by atoms with E-state index in [9.17, 15) is 13.2 Å². The second-order valence-corrected chi connectivity index (χ2v) is 7.28. The van der Waals surface area contributed by atoms with Crippen molar-refractivity contribution in [2.75, 3.05) is 5.75 Å². The minimum atomic E-state index is -3.38. The first-order chi connectivity index (χ1) is 7.80. The van der Waals surface area contributed by atoms with Crippen molar-refractivity contribution in [3.05, 3.63) is 33.4 Å². The molecule has 0 aromatic heterocycles. The van der Waals surface area contributed by atoms with Crippen LogP contribution < -0.4 is 0 Å². The van der Waals surface area contributed by atoms with Crippen molar-refractivity contribution in [1.82, 2.24) is 0 Å². The molecule has 0 spiro atoms. The minimum Gasteiger partial charge on any atom is -0.481 e. The molecule has 1 aromatic rings. The number of carboxylic acids is 1. The molecule has 0 saturated heterocycles. The van der Waals surface area contributed by atoms with Gasteiger partial charge < -0.3 is 5.11 Å². The largest absolute Gasteiger partial charge is 0.481 e. The van der Waals surface area contributed by atoms with E-state index < -0.39 is 21.7 Å². The fraction of sp³-hybridized carbons (Fsp3) is 0.364. The lowest BCUT2D eigenvalue weighted by Crippen LogP contribution is -2.22. The Bertz CT molecular complexity index is 493. The molecule has 0 heterocycles. The Kier molecular flexibility index (Phi) is 4.93. The van der Waals surface area contributed by atoms with Gasteiger partial charge in [0.05, 0.1) is 17.4 Å². The van der Waals surface area contributed by atoms with E-state index in [0.29, 0.717) is 5.56 Å². The molecule has 0 aliphatic heterocycles. The molecular formula is C11H13IO4S. The standard InChI is InChI=1S/C11H13IO4S/c1-8(11(13)14)6-17(15,16)7-9-2-4-10(12)5-3-9/h2-5,8H,6-7H2,1H3,(H,13,14). The highest BCUT2D eigenvalue weighted by molar-refractivity contribution is 14.1. The van der Waals surface area contributed by atoms with E-state index in [1.165, 1.54) is 6.92 Å². The summed E-state index contributed by atoms with van der Waals surface area (Å²) in [5, 5.41) is 8.68. The third-order valence-corrected chi connectivity index (χ3v) is 4.73. The zero-order valence-corrected chi connectivity index (χ0v) is 12.2. The van der Waals surface area contributed by atoms with Gasteiger partial charge in [-0.25, -0.2) is 8.42 Å². The average molecular weight is 368 g/mol. The molecule has 0 aliphatic carbocycles. The van der Waals surface area contributed by atoms with Gasteiger partial charge >= 0.3 is 5.97 Å². The second-order valence-electron chi connectivity index (χ2n) is 3.92. The number of hydrogen-bond donors (Lipinski definition) is 1. The van der Waals surface area contributed by atoms with Gasteiger partial charge in [-0.1, -0.05) is 19.1 Å². The Morgan fingerprint density at radius 3 is 2.35 bits per heavy atom. The quantitative estimate of drug-likeness (QED) is 0.807. The molecule has 1 unspecified atom stereocenters. The van der Waals surface area contributed by atoms with Crippen LogP contribution in [-0.2, 0) is 20.4 Å². The first-order valence-electron chi connectivity index (χ1n) is 4.98. The van der Waals surface area contributed by atoms with Gasteiger partial charge in [-0.3, -0.25) is 4.79 Å². The van der Waals surface area contributed by atoms with Crippen LogP contribution in [0, 0.1) is 9.49 Å². The van der Waals surface area contributed by atoms with Crippen molar-refractivity contribution in [1.29, 1.82) is 0 Å². The van der Waals surface area contributed by atoms with E-state index in [1.807, 2.05) is 12.1 Å². The molecule has 1 N–H and O–H groups in total. The van der Waals surface area contributed by atoms with Crippen LogP contribution in [0.3, 0.4) is 0 Å². The van der Waals surface area contributed by atoms with Crippen LogP contribution in [0.4, 0.5) is 0 Å². The normalized spacial score (nSPS) is 13.3. The van der Waals surface area contributed by atoms with Crippen molar-refractivity contribution in [2.24, 2.45) is 5.92 Å². The van der Waals surface area contributed by atoms with E-state index in [2.05, 4.69) is 22.6 Å². The maximum atomic E-state index is 11.7. The number of carboxylic acid groups (broad SMARTS) is 1. The molecule has 0 aliphatic rings. The molecule has 0 bridgehead atoms. The van der Waals surface area contributed by atoms with Crippen molar-refractivity contribution in [3.8, 4) is 0 Å². The number of aliphatic carboxylic acids is 1. The summed E-state index contributed by atoms with van der Waals surface area (Å²) >= 11 is 2.14. The molecule has 17 heavy (non-hydrogen) atoms. The van der Waals surface area contributed by atoms with E-state index in [4.69, 9.17) is 5.11 Å². The van der Waals surface area contributed by atoms with E-state index in [0.717, 1.165) is 3.57 Å². The number of hydrogen-bond acceptors (Lipinski definition) is 3. The van der Waals surface area contributed by atoms with Crippen LogP contribution in [0.5, 0.6) is 0 Å². The molecule has 94 valence electrons. The number of rotatable bonds is 5. The molecule has 0 amide bonds. The zero-order chi connectivity index (χ0) is 13.1. The lowest BCUT2D eigenvalue weighted by atomic mass is 10.2. The second kappa shape index (κ2) is 5.81. The molecule has 1 rings (SSSR count). The van der Waals surface area contributed by atoms with Crippen molar-refractivity contribution in [3.63, 3.8) is 0 Å². The van der Waals surface area contributed by atoms with Gasteiger partial charge in [0.25, 0.3) is 0 Å². The molecule has 0 radical (unpaired) electrons. The van der Waals surface area contributed by atoms with Gasteiger partial charge in [-0.2, -0.15) is 0 Å². The Morgan fingerprint density at radius 2 is 1.88 bits per heavy atom. The summed E-state index contributed by atoms with van der Waals surface area (Å²) in [4.78, 5) is 10.6. The number of sulfone groups is 1. The van der Waals surface area contributed by atoms with E-state index in [1.54, 1.807) is 12.1 Å². The molecule has 1 aromatic carbocycles. The van der Waals surface area contributed by atoms with Crippen LogP contribution >= 0.6 is 22.6 Å². The van der Waals surface area contributed by atoms with E-state index >= 15 is 0 Å². The summed E-state index contributed by atoms with van der Waals surface area (Å²) in [6, 6.07) is 7.13. The number of benzene rings is 1. The lowest BCUT2D eigenvalue weighted by molar-refractivity contribution is -0.140. The van der Waals surface area contributed by atoms with Crippen molar-refractivity contribution in [2.45, 2.75) is 12.7 Å².